The summed E-state index contributed by atoms with van der Waals surface area (Å²) in [6.07, 6.45) is 2.29. The lowest BCUT2D eigenvalue weighted by Crippen LogP contribution is -2.16. The van der Waals surface area contributed by atoms with Crippen molar-refractivity contribution in [2.24, 2.45) is 0 Å². The lowest BCUT2D eigenvalue weighted by molar-refractivity contribution is 0.102. The van der Waals surface area contributed by atoms with Gasteiger partial charge in [0, 0.05) is 24.5 Å². The van der Waals surface area contributed by atoms with Gasteiger partial charge in [-0.15, -0.1) is 0 Å². The van der Waals surface area contributed by atoms with Crippen LogP contribution in [0, 0.1) is 0 Å². The maximum Gasteiger partial charge on any atom is 0.274 e. The SMILES string of the molecule is COc1ccccc1CCNc1nccc(C(=O)Nc2ccc3c(c2)OCO3)n1. The summed E-state index contributed by atoms with van der Waals surface area (Å²) in [5, 5.41) is 5.95. The smallest absolute Gasteiger partial charge is 0.274 e. The van der Waals surface area contributed by atoms with Crippen molar-refractivity contribution in [3.63, 3.8) is 0 Å². The van der Waals surface area contributed by atoms with Crippen LogP contribution in [0.2, 0.25) is 0 Å². The summed E-state index contributed by atoms with van der Waals surface area (Å²) in [4.78, 5) is 21.0. The molecule has 29 heavy (non-hydrogen) atoms. The van der Waals surface area contributed by atoms with Crippen molar-refractivity contribution in [2.45, 2.75) is 6.42 Å². The molecule has 0 atom stereocenters. The van der Waals surface area contributed by atoms with Crippen molar-refractivity contribution >= 4 is 17.5 Å². The Hall–Kier alpha value is -3.81. The minimum Gasteiger partial charge on any atom is -0.496 e. The Labute approximate surface area is 167 Å². The Bertz CT molecular complexity index is 1030. The monoisotopic (exact) mass is 392 g/mol. The summed E-state index contributed by atoms with van der Waals surface area (Å²) >= 11 is 0. The number of carbonyl (C=O) groups is 1. The molecule has 0 aliphatic carbocycles. The number of hydrogen-bond donors (Lipinski definition) is 2. The number of anilines is 2. The van der Waals surface area contributed by atoms with Crippen LogP contribution in [0.5, 0.6) is 17.2 Å². The number of aromatic nitrogens is 2. The molecule has 8 heteroatoms. The molecule has 0 saturated carbocycles. The van der Waals surface area contributed by atoms with Crippen LogP contribution in [-0.4, -0.2) is 36.3 Å². The fraction of sp³-hybridized carbons (Fsp3) is 0.190. The highest BCUT2D eigenvalue weighted by molar-refractivity contribution is 6.03. The Morgan fingerprint density at radius 1 is 1.14 bits per heavy atom. The first kappa shape index (κ1) is 18.5. The lowest BCUT2D eigenvalue weighted by atomic mass is 10.1. The number of methoxy groups -OCH3 is 1. The van der Waals surface area contributed by atoms with Crippen molar-refractivity contribution in [1.29, 1.82) is 0 Å². The van der Waals surface area contributed by atoms with E-state index in [1.807, 2.05) is 24.3 Å². The van der Waals surface area contributed by atoms with E-state index in [9.17, 15) is 4.79 Å². The standard InChI is InChI=1S/C21H20N4O4/c1-27-17-5-3-2-4-14(17)8-10-22-21-23-11-9-16(25-21)20(26)24-15-6-7-18-19(12-15)29-13-28-18/h2-7,9,11-12H,8,10,13H2,1H3,(H,24,26)(H,22,23,25). The van der Waals surface area contributed by atoms with E-state index in [0.717, 1.165) is 17.7 Å². The fourth-order valence-electron chi connectivity index (χ4n) is 2.96. The van der Waals surface area contributed by atoms with E-state index >= 15 is 0 Å². The van der Waals surface area contributed by atoms with Gasteiger partial charge in [-0.05, 0) is 36.2 Å². The third kappa shape index (κ3) is 4.37. The highest BCUT2D eigenvalue weighted by Crippen LogP contribution is 2.34. The number of nitrogens with zero attached hydrogens (tertiary/aromatic N) is 2. The molecule has 4 rings (SSSR count). The predicted molar refractivity (Wildman–Crippen MR) is 108 cm³/mol. The molecule has 0 bridgehead atoms. The van der Waals surface area contributed by atoms with Crippen molar-refractivity contribution in [3.05, 3.63) is 66.0 Å². The molecular weight excluding hydrogens is 372 g/mol. The predicted octanol–water partition coefficient (Wildman–Crippen LogP) is 3.12. The Morgan fingerprint density at radius 2 is 2.00 bits per heavy atom. The second-order valence-electron chi connectivity index (χ2n) is 6.28. The second-order valence-corrected chi connectivity index (χ2v) is 6.28. The highest BCUT2D eigenvalue weighted by Gasteiger charge is 2.15. The molecular formula is C21H20N4O4. The number of benzene rings is 2. The molecule has 148 valence electrons. The van der Waals surface area contributed by atoms with Gasteiger partial charge in [-0.2, -0.15) is 0 Å². The molecule has 8 nitrogen and oxygen atoms in total. The molecule has 0 unspecified atom stereocenters. The summed E-state index contributed by atoms with van der Waals surface area (Å²) in [5.74, 6) is 2.15. The van der Waals surface area contributed by atoms with Crippen LogP contribution in [0.15, 0.2) is 54.7 Å². The minimum absolute atomic E-state index is 0.183. The molecule has 2 N–H and O–H groups in total. The zero-order valence-corrected chi connectivity index (χ0v) is 15.8. The zero-order valence-electron chi connectivity index (χ0n) is 15.8. The third-order valence-corrected chi connectivity index (χ3v) is 4.39. The van der Waals surface area contributed by atoms with Gasteiger partial charge in [-0.3, -0.25) is 4.79 Å². The van der Waals surface area contributed by atoms with Crippen LogP contribution in [0.25, 0.3) is 0 Å². The number of para-hydroxylation sites is 1. The maximum atomic E-state index is 12.5. The van der Waals surface area contributed by atoms with E-state index in [4.69, 9.17) is 14.2 Å². The summed E-state index contributed by atoms with van der Waals surface area (Å²) in [6, 6.07) is 14.6. The first-order chi connectivity index (χ1) is 14.2. The van der Waals surface area contributed by atoms with Crippen molar-refractivity contribution < 1.29 is 19.0 Å². The van der Waals surface area contributed by atoms with E-state index in [2.05, 4.69) is 20.6 Å². The van der Waals surface area contributed by atoms with Gasteiger partial charge < -0.3 is 24.8 Å². The van der Waals surface area contributed by atoms with Crippen molar-refractivity contribution in [2.75, 3.05) is 31.1 Å². The molecule has 2 aromatic carbocycles. The third-order valence-electron chi connectivity index (χ3n) is 4.39. The summed E-state index contributed by atoms with van der Waals surface area (Å²) in [6.45, 7) is 0.788. The van der Waals surface area contributed by atoms with Crippen molar-refractivity contribution in [1.82, 2.24) is 9.97 Å². The van der Waals surface area contributed by atoms with E-state index in [-0.39, 0.29) is 18.4 Å². The molecule has 0 fully saturated rings. The molecule has 0 spiro atoms. The van der Waals surface area contributed by atoms with Crippen LogP contribution >= 0.6 is 0 Å². The molecule has 1 amide bonds. The normalized spacial score (nSPS) is 11.8. The van der Waals surface area contributed by atoms with Gasteiger partial charge in [-0.1, -0.05) is 18.2 Å². The molecule has 1 aliphatic rings. The van der Waals surface area contributed by atoms with Gasteiger partial charge >= 0.3 is 0 Å². The number of hydrogen-bond acceptors (Lipinski definition) is 7. The summed E-state index contributed by atoms with van der Waals surface area (Å²) in [7, 11) is 1.65. The fourth-order valence-corrected chi connectivity index (χ4v) is 2.96. The maximum absolute atomic E-state index is 12.5. The quantitative estimate of drug-likeness (QED) is 0.638. The van der Waals surface area contributed by atoms with Gasteiger partial charge in [0.05, 0.1) is 7.11 Å². The Morgan fingerprint density at radius 3 is 2.90 bits per heavy atom. The average Bonchev–Trinajstić information content (AvgIpc) is 3.22. The zero-order chi connectivity index (χ0) is 20.1. The van der Waals surface area contributed by atoms with E-state index in [1.165, 1.54) is 0 Å². The van der Waals surface area contributed by atoms with Crippen LogP contribution in [0.1, 0.15) is 16.1 Å². The molecule has 2 heterocycles. The minimum atomic E-state index is -0.334. The molecule has 0 saturated heterocycles. The first-order valence-electron chi connectivity index (χ1n) is 9.13. The number of rotatable bonds is 7. The molecule has 0 radical (unpaired) electrons. The second kappa shape index (κ2) is 8.47. The van der Waals surface area contributed by atoms with Gasteiger partial charge in [0.1, 0.15) is 11.4 Å². The lowest BCUT2D eigenvalue weighted by Gasteiger charge is -2.10. The van der Waals surface area contributed by atoms with E-state index in [0.29, 0.717) is 29.7 Å². The summed E-state index contributed by atoms with van der Waals surface area (Å²) < 4.78 is 16.0. The largest absolute Gasteiger partial charge is 0.496 e. The molecule has 3 aromatic rings. The van der Waals surface area contributed by atoms with Gasteiger partial charge in [0.15, 0.2) is 11.5 Å². The molecule has 1 aromatic heterocycles. The van der Waals surface area contributed by atoms with Gasteiger partial charge in [0.2, 0.25) is 12.7 Å². The van der Waals surface area contributed by atoms with Crippen LogP contribution in [0.3, 0.4) is 0 Å². The number of fused-ring (bicyclic) bond motifs is 1. The molecule has 1 aliphatic heterocycles. The number of ether oxygens (including phenoxy) is 3. The first-order valence-corrected chi connectivity index (χ1v) is 9.13. The summed E-state index contributed by atoms with van der Waals surface area (Å²) in [5.41, 5.74) is 1.94. The average molecular weight is 392 g/mol. The Kier molecular flexibility index (Phi) is 5.42. The number of carbonyl (C=O) groups excluding carboxylic acids is 1. The van der Waals surface area contributed by atoms with Crippen LogP contribution in [0.4, 0.5) is 11.6 Å². The highest BCUT2D eigenvalue weighted by atomic mass is 16.7. The number of amides is 1. The topological polar surface area (TPSA) is 94.6 Å². The van der Waals surface area contributed by atoms with Crippen molar-refractivity contribution in [3.8, 4) is 17.2 Å². The Balaban J connectivity index is 1.37. The van der Waals surface area contributed by atoms with Gasteiger partial charge in [0.25, 0.3) is 5.91 Å². The van der Waals surface area contributed by atoms with Crippen LogP contribution < -0.4 is 24.8 Å². The van der Waals surface area contributed by atoms with Crippen LogP contribution in [-0.2, 0) is 6.42 Å². The van der Waals surface area contributed by atoms with Gasteiger partial charge in [-0.25, -0.2) is 9.97 Å². The number of nitrogens with one attached hydrogen (secondary N) is 2. The van der Waals surface area contributed by atoms with E-state index in [1.54, 1.807) is 37.6 Å². The van der Waals surface area contributed by atoms with E-state index < -0.39 is 0 Å².